The highest BCUT2D eigenvalue weighted by Crippen LogP contribution is 2.34. The van der Waals surface area contributed by atoms with Crippen LogP contribution in [-0.4, -0.2) is 29.8 Å². The van der Waals surface area contributed by atoms with Gasteiger partial charge in [0.15, 0.2) is 0 Å². The van der Waals surface area contributed by atoms with Gasteiger partial charge in [-0.1, -0.05) is 25.9 Å². The van der Waals surface area contributed by atoms with Crippen molar-refractivity contribution >= 4 is 0 Å². The summed E-state index contributed by atoms with van der Waals surface area (Å²) in [6, 6.07) is 0. The first kappa shape index (κ1) is 16.4. The zero-order valence-electron chi connectivity index (χ0n) is 13.8. The molecule has 1 N–H and O–H groups in total. The minimum atomic E-state index is -0.114. The molecule has 2 heterocycles. The smallest absolute Gasteiger partial charge is 0.226 e. The van der Waals surface area contributed by atoms with Crippen molar-refractivity contribution in [3.8, 4) is 0 Å². The van der Waals surface area contributed by atoms with Gasteiger partial charge in [0, 0.05) is 13.0 Å². The van der Waals surface area contributed by atoms with Crippen molar-refractivity contribution in [1.82, 2.24) is 15.5 Å². The average molecular weight is 295 g/mol. The van der Waals surface area contributed by atoms with Gasteiger partial charge in [0.1, 0.15) is 6.10 Å². The van der Waals surface area contributed by atoms with E-state index in [1.807, 2.05) is 6.92 Å². The van der Waals surface area contributed by atoms with Crippen molar-refractivity contribution < 1.29 is 9.26 Å². The second-order valence-electron chi connectivity index (χ2n) is 7.00. The molecule has 0 amide bonds. The third kappa shape index (κ3) is 4.78. The lowest BCUT2D eigenvalue weighted by Gasteiger charge is -2.27. The normalized spacial score (nSPS) is 21.4. The van der Waals surface area contributed by atoms with Gasteiger partial charge in [0.25, 0.3) is 0 Å². The number of rotatable bonds is 6. The summed E-state index contributed by atoms with van der Waals surface area (Å²) < 4.78 is 11.2. The second kappa shape index (κ2) is 7.36. The summed E-state index contributed by atoms with van der Waals surface area (Å²) in [5, 5.41) is 7.58. The fourth-order valence-corrected chi connectivity index (χ4v) is 2.85. The molecule has 1 aliphatic heterocycles. The molecule has 1 aromatic heterocycles. The Hall–Kier alpha value is -0.940. The summed E-state index contributed by atoms with van der Waals surface area (Å²) in [4.78, 5) is 4.56. The zero-order valence-corrected chi connectivity index (χ0v) is 13.8. The second-order valence-corrected chi connectivity index (χ2v) is 7.00. The van der Waals surface area contributed by atoms with E-state index in [0.717, 1.165) is 37.7 Å². The van der Waals surface area contributed by atoms with Crippen LogP contribution in [0.5, 0.6) is 0 Å². The van der Waals surface area contributed by atoms with Gasteiger partial charge in [-0.2, -0.15) is 4.98 Å². The highest BCUT2D eigenvalue weighted by Gasteiger charge is 2.31. The first-order valence-corrected chi connectivity index (χ1v) is 8.15. The summed E-state index contributed by atoms with van der Waals surface area (Å²) in [6.07, 6.45) is 4.44. The van der Waals surface area contributed by atoms with Crippen molar-refractivity contribution in [2.45, 2.75) is 59.5 Å². The van der Waals surface area contributed by atoms with Crippen LogP contribution in [0.4, 0.5) is 0 Å². The molecule has 2 rings (SSSR count). The van der Waals surface area contributed by atoms with Crippen LogP contribution in [-0.2, 0) is 11.2 Å². The number of nitrogens with one attached hydrogen (secondary N) is 1. The molecule has 5 nitrogen and oxygen atoms in total. The molecule has 0 aliphatic carbocycles. The summed E-state index contributed by atoms with van der Waals surface area (Å²) in [5.41, 5.74) is -0.0373. The topological polar surface area (TPSA) is 60.2 Å². The molecule has 1 aliphatic rings. The SMILES string of the molecule is CCOC(c1noc(CCC2CCCNC2)n1)C(C)(C)C. The molecular formula is C16H29N3O2. The van der Waals surface area contributed by atoms with E-state index in [9.17, 15) is 0 Å². The average Bonchev–Trinajstić information content (AvgIpc) is 2.91. The van der Waals surface area contributed by atoms with Crippen LogP contribution >= 0.6 is 0 Å². The third-order valence-corrected chi connectivity index (χ3v) is 4.00. The Morgan fingerprint density at radius 1 is 1.43 bits per heavy atom. The number of ether oxygens (including phenoxy) is 1. The van der Waals surface area contributed by atoms with E-state index in [0.29, 0.717) is 12.4 Å². The van der Waals surface area contributed by atoms with Gasteiger partial charge in [-0.05, 0) is 50.6 Å². The van der Waals surface area contributed by atoms with Crippen LogP contribution in [0.25, 0.3) is 0 Å². The molecule has 1 fully saturated rings. The van der Waals surface area contributed by atoms with Gasteiger partial charge in [-0.3, -0.25) is 0 Å². The summed E-state index contributed by atoms with van der Waals surface area (Å²) >= 11 is 0. The van der Waals surface area contributed by atoms with Crippen LogP contribution < -0.4 is 5.32 Å². The first-order chi connectivity index (χ1) is 10.0. The molecular weight excluding hydrogens is 266 g/mol. The minimum Gasteiger partial charge on any atom is -0.370 e. The van der Waals surface area contributed by atoms with E-state index in [2.05, 4.69) is 36.2 Å². The van der Waals surface area contributed by atoms with E-state index < -0.39 is 0 Å². The Morgan fingerprint density at radius 2 is 2.24 bits per heavy atom. The maximum Gasteiger partial charge on any atom is 0.226 e. The minimum absolute atomic E-state index is 0.0373. The molecule has 0 spiro atoms. The van der Waals surface area contributed by atoms with E-state index in [4.69, 9.17) is 9.26 Å². The van der Waals surface area contributed by atoms with Gasteiger partial charge >= 0.3 is 0 Å². The number of aryl methyl sites for hydroxylation is 1. The van der Waals surface area contributed by atoms with E-state index in [1.165, 1.54) is 12.8 Å². The molecule has 0 saturated carbocycles. The number of hydrogen-bond donors (Lipinski definition) is 1. The molecule has 5 heteroatoms. The van der Waals surface area contributed by atoms with Gasteiger partial charge in [0.05, 0.1) is 0 Å². The third-order valence-electron chi connectivity index (χ3n) is 4.00. The Balaban J connectivity index is 1.93. The van der Waals surface area contributed by atoms with Crippen LogP contribution in [0.15, 0.2) is 4.52 Å². The molecule has 0 aromatic carbocycles. The summed E-state index contributed by atoms with van der Waals surface area (Å²) in [5.74, 6) is 2.16. The van der Waals surface area contributed by atoms with E-state index >= 15 is 0 Å². The quantitative estimate of drug-likeness (QED) is 0.873. The number of hydrogen-bond acceptors (Lipinski definition) is 5. The molecule has 120 valence electrons. The number of aromatic nitrogens is 2. The molecule has 0 radical (unpaired) electrons. The molecule has 1 saturated heterocycles. The van der Waals surface area contributed by atoms with Crippen molar-refractivity contribution in [3.05, 3.63) is 11.7 Å². The Kier molecular flexibility index (Phi) is 5.76. The van der Waals surface area contributed by atoms with Gasteiger partial charge < -0.3 is 14.6 Å². The van der Waals surface area contributed by atoms with Crippen LogP contribution in [0.1, 0.15) is 64.8 Å². The first-order valence-electron chi connectivity index (χ1n) is 8.15. The highest BCUT2D eigenvalue weighted by atomic mass is 16.5. The standard InChI is InChI=1S/C16H29N3O2/c1-5-20-14(16(2,3)4)15-18-13(21-19-15)9-8-12-7-6-10-17-11-12/h12,14,17H,5-11H2,1-4H3. The van der Waals surface area contributed by atoms with E-state index in [1.54, 1.807) is 0 Å². The van der Waals surface area contributed by atoms with Crippen LogP contribution in [0.3, 0.4) is 0 Å². The van der Waals surface area contributed by atoms with Crippen LogP contribution in [0, 0.1) is 11.3 Å². The van der Waals surface area contributed by atoms with Crippen molar-refractivity contribution in [3.63, 3.8) is 0 Å². The molecule has 1 aromatic rings. The zero-order chi connectivity index (χ0) is 15.3. The summed E-state index contributed by atoms with van der Waals surface area (Å²) in [7, 11) is 0. The van der Waals surface area contributed by atoms with Gasteiger partial charge in [-0.25, -0.2) is 0 Å². The van der Waals surface area contributed by atoms with Crippen molar-refractivity contribution in [2.75, 3.05) is 19.7 Å². The largest absolute Gasteiger partial charge is 0.370 e. The van der Waals surface area contributed by atoms with Crippen molar-refractivity contribution in [1.29, 1.82) is 0 Å². The fraction of sp³-hybridized carbons (Fsp3) is 0.875. The van der Waals surface area contributed by atoms with E-state index in [-0.39, 0.29) is 11.5 Å². The maximum absolute atomic E-state index is 5.81. The maximum atomic E-state index is 5.81. The molecule has 0 bridgehead atoms. The highest BCUT2D eigenvalue weighted by molar-refractivity contribution is 4.96. The molecule has 21 heavy (non-hydrogen) atoms. The lowest BCUT2D eigenvalue weighted by molar-refractivity contribution is -0.0203. The monoisotopic (exact) mass is 295 g/mol. The Bertz CT molecular complexity index is 419. The lowest BCUT2D eigenvalue weighted by atomic mass is 9.88. The molecule has 2 unspecified atom stereocenters. The molecule has 2 atom stereocenters. The Morgan fingerprint density at radius 3 is 2.86 bits per heavy atom. The number of nitrogens with zero attached hydrogens (tertiary/aromatic N) is 2. The number of piperidine rings is 1. The fourth-order valence-electron chi connectivity index (χ4n) is 2.85. The predicted molar refractivity (Wildman–Crippen MR) is 82.0 cm³/mol. The lowest BCUT2D eigenvalue weighted by Crippen LogP contribution is -2.29. The Labute approximate surface area is 127 Å². The van der Waals surface area contributed by atoms with Crippen LogP contribution in [0.2, 0.25) is 0 Å². The van der Waals surface area contributed by atoms with Gasteiger partial charge in [0.2, 0.25) is 11.7 Å². The predicted octanol–water partition coefficient (Wildman–Crippen LogP) is 3.13. The summed E-state index contributed by atoms with van der Waals surface area (Å²) in [6.45, 7) is 11.3. The van der Waals surface area contributed by atoms with Crippen molar-refractivity contribution in [2.24, 2.45) is 11.3 Å². The van der Waals surface area contributed by atoms with Gasteiger partial charge in [-0.15, -0.1) is 0 Å².